The average Bonchev–Trinajstić information content (AvgIpc) is 3.57. The summed E-state index contributed by atoms with van der Waals surface area (Å²) in [6, 6.07) is 6.59. The number of hydrogen-bond acceptors (Lipinski definition) is 7. The Labute approximate surface area is 193 Å². The molecule has 1 saturated carbocycles. The zero-order valence-corrected chi connectivity index (χ0v) is 19.9. The van der Waals surface area contributed by atoms with Crippen LogP contribution in [-0.4, -0.2) is 38.9 Å². The highest BCUT2D eigenvalue weighted by Crippen LogP contribution is 2.41. The minimum atomic E-state index is -0.534. The maximum absolute atomic E-state index is 12.6. The van der Waals surface area contributed by atoms with E-state index in [1.54, 1.807) is 12.7 Å². The fraction of sp³-hybridized carbons (Fsp3) is 0.583. The van der Waals surface area contributed by atoms with Crippen molar-refractivity contribution in [2.24, 2.45) is 11.3 Å². The Bertz CT molecular complexity index is 1020. The molecule has 0 amide bonds. The molecule has 1 aromatic carbocycles. The summed E-state index contributed by atoms with van der Waals surface area (Å²) in [4.78, 5) is 17.3. The smallest absolute Gasteiger partial charge is 0.315 e. The van der Waals surface area contributed by atoms with Crippen molar-refractivity contribution in [2.45, 2.75) is 65.3 Å². The zero-order valence-electron chi connectivity index (χ0n) is 19.1. The first-order valence-corrected chi connectivity index (χ1v) is 12.5. The lowest BCUT2D eigenvalue weighted by Gasteiger charge is -2.26. The molecule has 1 aliphatic rings. The number of carbonyl (C=O) groups is 1. The normalized spacial score (nSPS) is 16.5. The lowest BCUT2D eigenvalue weighted by Crippen LogP contribution is -2.36. The van der Waals surface area contributed by atoms with Gasteiger partial charge in [0.15, 0.2) is 0 Å². The summed E-state index contributed by atoms with van der Waals surface area (Å²) in [5.74, 6) is 0.349. The van der Waals surface area contributed by atoms with Gasteiger partial charge in [-0.05, 0) is 43.4 Å². The quantitative estimate of drug-likeness (QED) is 0.379. The van der Waals surface area contributed by atoms with E-state index in [2.05, 4.69) is 51.8 Å². The van der Waals surface area contributed by atoms with E-state index in [9.17, 15) is 4.79 Å². The van der Waals surface area contributed by atoms with Crippen LogP contribution in [0.5, 0.6) is 5.19 Å². The van der Waals surface area contributed by atoms with Crippen molar-refractivity contribution >= 4 is 27.5 Å². The predicted octanol–water partition coefficient (Wildman–Crippen LogP) is 5.42. The molecule has 0 bridgehead atoms. The Hall–Kier alpha value is -2.48. The molecule has 1 aliphatic carbocycles. The van der Waals surface area contributed by atoms with Crippen LogP contribution in [0, 0.1) is 11.3 Å². The van der Waals surface area contributed by atoms with Gasteiger partial charge < -0.3 is 14.0 Å². The summed E-state index contributed by atoms with van der Waals surface area (Å²) < 4.78 is 14.6. The molecular weight excluding hydrogens is 424 g/mol. The second-order valence-electron chi connectivity index (χ2n) is 8.63. The summed E-state index contributed by atoms with van der Waals surface area (Å²) in [7, 11) is 0. The highest BCUT2D eigenvalue weighted by atomic mass is 32.1. The van der Waals surface area contributed by atoms with Gasteiger partial charge in [0.1, 0.15) is 24.7 Å². The van der Waals surface area contributed by atoms with Crippen molar-refractivity contribution in [3.05, 3.63) is 36.4 Å². The van der Waals surface area contributed by atoms with Gasteiger partial charge in [-0.3, -0.25) is 4.79 Å². The maximum Gasteiger partial charge on any atom is 0.315 e. The number of carbonyl (C=O) groups excluding carboxylic acids is 1. The monoisotopic (exact) mass is 456 g/mol. The molecule has 0 aliphatic heterocycles. The molecule has 0 saturated heterocycles. The number of aromatic nitrogens is 4. The molecule has 2 heterocycles. The summed E-state index contributed by atoms with van der Waals surface area (Å²) in [6.07, 6.45) is 9.44. The molecule has 32 heavy (non-hydrogen) atoms. The molecule has 8 heteroatoms. The van der Waals surface area contributed by atoms with Crippen molar-refractivity contribution in [3.63, 3.8) is 0 Å². The molecule has 4 rings (SSSR count). The Morgan fingerprint density at radius 2 is 1.88 bits per heavy atom. The number of rotatable bonds is 10. The van der Waals surface area contributed by atoms with E-state index in [1.807, 2.05) is 6.92 Å². The van der Waals surface area contributed by atoms with E-state index in [0.29, 0.717) is 24.3 Å². The Balaban J connectivity index is 1.57. The fourth-order valence-corrected chi connectivity index (χ4v) is 5.75. The third-order valence-corrected chi connectivity index (χ3v) is 7.66. The van der Waals surface area contributed by atoms with E-state index >= 15 is 0 Å². The highest BCUT2D eigenvalue weighted by Gasteiger charge is 2.43. The van der Waals surface area contributed by atoms with Gasteiger partial charge in [-0.2, -0.15) is 0 Å². The van der Waals surface area contributed by atoms with Gasteiger partial charge in [-0.1, -0.05) is 56.9 Å². The van der Waals surface area contributed by atoms with E-state index in [-0.39, 0.29) is 12.0 Å². The third-order valence-electron chi connectivity index (χ3n) is 6.73. The summed E-state index contributed by atoms with van der Waals surface area (Å²) in [5.41, 5.74) is 1.60. The largest absolute Gasteiger partial charge is 0.469 e. The standard InChI is InChI=1S/C24H32N4O3S/c1-4-17(5-2)21(28-15-25-26-16-28)18-9-10-19-20(13-18)32-23(27-19)31-14-24(11-7-8-12-24)22(29)30-6-3/h9-10,13,15-17,21H,4-8,11-12,14H2,1-3H3. The van der Waals surface area contributed by atoms with Crippen LogP contribution in [0.4, 0.5) is 0 Å². The minimum absolute atomic E-state index is 0.136. The number of benzene rings is 1. The van der Waals surface area contributed by atoms with Crippen LogP contribution in [0.15, 0.2) is 30.9 Å². The first kappa shape index (κ1) is 22.7. The van der Waals surface area contributed by atoms with Crippen molar-refractivity contribution in [1.82, 2.24) is 19.7 Å². The number of ether oxygens (including phenoxy) is 2. The van der Waals surface area contributed by atoms with E-state index in [0.717, 1.165) is 48.7 Å². The second kappa shape index (κ2) is 9.98. The van der Waals surface area contributed by atoms with Gasteiger partial charge in [-0.25, -0.2) is 4.98 Å². The van der Waals surface area contributed by atoms with Crippen molar-refractivity contribution < 1.29 is 14.3 Å². The fourth-order valence-electron chi connectivity index (χ4n) is 4.88. The van der Waals surface area contributed by atoms with Crippen LogP contribution < -0.4 is 4.74 Å². The molecule has 1 unspecified atom stereocenters. The highest BCUT2D eigenvalue weighted by molar-refractivity contribution is 7.20. The number of esters is 1. The topological polar surface area (TPSA) is 79.1 Å². The molecule has 3 aromatic rings. The first-order valence-electron chi connectivity index (χ1n) is 11.6. The first-order chi connectivity index (χ1) is 15.6. The van der Waals surface area contributed by atoms with Gasteiger partial charge in [0, 0.05) is 0 Å². The van der Waals surface area contributed by atoms with Crippen LogP contribution >= 0.6 is 11.3 Å². The molecule has 7 nitrogen and oxygen atoms in total. The Morgan fingerprint density at radius 3 is 2.53 bits per heavy atom. The average molecular weight is 457 g/mol. The van der Waals surface area contributed by atoms with Gasteiger partial charge >= 0.3 is 5.97 Å². The minimum Gasteiger partial charge on any atom is -0.469 e. The van der Waals surface area contributed by atoms with Crippen LogP contribution in [0.3, 0.4) is 0 Å². The molecule has 2 aromatic heterocycles. The molecule has 1 atom stereocenters. The number of thiazole rings is 1. The SMILES string of the molecule is CCOC(=O)C1(COc2nc3ccc(C(C(CC)CC)n4cnnc4)cc3s2)CCCC1. The number of hydrogen-bond donors (Lipinski definition) is 0. The van der Waals surface area contributed by atoms with Crippen molar-refractivity contribution in [2.75, 3.05) is 13.2 Å². The second-order valence-corrected chi connectivity index (χ2v) is 9.63. The molecule has 0 radical (unpaired) electrons. The Kier molecular flexibility index (Phi) is 7.08. The van der Waals surface area contributed by atoms with Gasteiger partial charge in [0.2, 0.25) is 0 Å². The third kappa shape index (κ3) is 4.51. The number of nitrogens with zero attached hydrogens (tertiary/aromatic N) is 4. The lowest BCUT2D eigenvalue weighted by molar-refractivity contribution is -0.157. The zero-order chi connectivity index (χ0) is 22.6. The van der Waals surface area contributed by atoms with Crippen LogP contribution in [0.1, 0.15) is 70.9 Å². The van der Waals surface area contributed by atoms with Crippen molar-refractivity contribution in [3.8, 4) is 5.19 Å². The van der Waals surface area contributed by atoms with Gasteiger partial charge in [0.25, 0.3) is 5.19 Å². The van der Waals surface area contributed by atoms with Gasteiger partial charge in [-0.15, -0.1) is 10.2 Å². The van der Waals surface area contributed by atoms with Gasteiger partial charge in [0.05, 0.1) is 22.9 Å². The number of fused-ring (bicyclic) bond motifs is 1. The summed E-state index contributed by atoms with van der Waals surface area (Å²) in [5, 5.41) is 8.66. The van der Waals surface area contributed by atoms with E-state index < -0.39 is 5.41 Å². The molecule has 0 N–H and O–H groups in total. The van der Waals surface area contributed by atoms with Crippen LogP contribution in [0.25, 0.3) is 10.2 Å². The molecule has 1 fully saturated rings. The molecule has 172 valence electrons. The predicted molar refractivity (Wildman–Crippen MR) is 125 cm³/mol. The van der Waals surface area contributed by atoms with E-state index in [1.165, 1.54) is 16.9 Å². The lowest BCUT2D eigenvalue weighted by atomic mass is 9.87. The van der Waals surface area contributed by atoms with Crippen LogP contribution in [0.2, 0.25) is 0 Å². The summed E-state index contributed by atoms with van der Waals surface area (Å²) >= 11 is 1.53. The van der Waals surface area contributed by atoms with Crippen LogP contribution in [-0.2, 0) is 9.53 Å². The molecular formula is C24H32N4O3S. The Morgan fingerprint density at radius 1 is 1.16 bits per heavy atom. The van der Waals surface area contributed by atoms with Crippen molar-refractivity contribution in [1.29, 1.82) is 0 Å². The summed E-state index contributed by atoms with van der Waals surface area (Å²) in [6.45, 7) is 7.03. The maximum atomic E-state index is 12.6. The van der Waals surface area contributed by atoms with E-state index in [4.69, 9.17) is 9.47 Å². The molecule has 0 spiro atoms.